The number of hydrogen-bond donors (Lipinski definition) is 1. The Kier molecular flexibility index (Phi) is 5.19. The van der Waals surface area contributed by atoms with Crippen LogP contribution in [-0.4, -0.2) is 19.1 Å². The van der Waals surface area contributed by atoms with Crippen LogP contribution in [0, 0.1) is 0 Å². The number of halogens is 3. The van der Waals surface area contributed by atoms with E-state index in [1.54, 1.807) is 42.5 Å². The molecule has 0 aromatic heterocycles. The third kappa shape index (κ3) is 4.28. The number of benzene rings is 2. The van der Waals surface area contributed by atoms with Crippen molar-refractivity contribution in [2.45, 2.75) is 13.2 Å². The minimum Gasteiger partial charge on any atom is -0.488 e. The van der Waals surface area contributed by atoms with Crippen LogP contribution in [-0.2, 0) is 11.3 Å². The van der Waals surface area contributed by atoms with Gasteiger partial charge in [-0.05, 0) is 30.3 Å². The SMILES string of the molecule is O=C(NCc1ccccc1OC(F)F)C1=Cc2cc(Cl)ccc2OC1. The molecule has 1 amide bonds. The summed E-state index contributed by atoms with van der Waals surface area (Å²) in [6, 6.07) is 11.4. The lowest BCUT2D eigenvalue weighted by Crippen LogP contribution is -2.28. The molecule has 0 atom stereocenters. The quantitative estimate of drug-likeness (QED) is 0.870. The lowest BCUT2D eigenvalue weighted by molar-refractivity contribution is -0.117. The molecular weight excluding hydrogens is 352 g/mol. The number of carbonyl (C=O) groups is 1. The molecule has 0 aliphatic carbocycles. The van der Waals surface area contributed by atoms with Crippen LogP contribution in [0.4, 0.5) is 8.78 Å². The maximum Gasteiger partial charge on any atom is 0.387 e. The molecule has 25 heavy (non-hydrogen) atoms. The van der Waals surface area contributed by atoms with Crippen LogP contribution < -0.4 is 14.8 Å². The predicted molar refractivity (Wildman–Crippen MR) is 89.8 cm³/mol. The Hall–Kier alpha value is -2.60. The summed E-state index contributed by atoms with van der Waals surface area (Å²) >= 11 is 5.94. The lowest BCUT2D eigenvalue weighted by Gasteiger charge is -2.18. The highest BCUT2D eigenvalue weighted by Crippen LogP contribution is 2.29. The Morgan fingerprint density at radius 3 is 2.88 bits per heavy atom. The molecule has 1 aliphatic rings. The van der Waals surface area contributed by atoms with E-state index in [1.165, 1.54) is 6.07 Å². The van der Waals surface area contributed by atoms with Crippen LogP contribution in [0.15, 0.2) is 48.0 Å². The summed E-state index contributed by atoms with van der Waals surface area (Å²) < 4.78 is 34.8. The largest absolute Gasteiger partial charge is 0.488 e. The van der Waals surface area contributed by atoms with Crippen molar-refractivity contribution in [1.29, 1.82) is 0 Å². The first kappa shape index (κ1) is 17.2. The van der Waals surface area contributed by atoms with E-state index in [4.69, 9.17) is 16.3 Å². The second kappa shape index (κ2) is 7.53. The third-order valence-corrected chi connectivity index (χ3v) is 3.84. The Labute approximate surface area is 148 Å². The zero-order valence-electron chi connectivity index (χ0n) is 13.0. The molecule has 0 saturated heterocycles. The van der Waals surface area contributed by atoms with Gasteiger partial charge < -0.3 is 14.8 Å². The first-order chi connectivity index (χ1) is 12.0. The van der Waals surface area contributed by atoms with Crippen LogP contribution in [0.5, 0.6) is 11.5 Å². The second-order valence-corrected chi connectivity index (χ2v) is 5.75. The highest BCUT2D eigenvalue weighted by Gasteiger charge is 2.18. The van der Waals surface area contributed by atoms with Crippen molar-refractivity contribution in [2.24, 2.45) is 0 Å². The standard InChI is InChI=1S/C18H14ClF2NO3/c19-14-5-6-15-12(8-14)7-13(10-24-15)17(23)22-9-11-3-1-2-4-16(11)25-18(20)21/h1-8,18H,9-10H2,(H,22,23). The summed E-state index contributed by atoms with van der Waals surface area (Å²) in [4.78, 5) is 12.3. The zero-order valence-corrected chi connectivity index (χ0v) is 13.7. The van der Waals surface area contributed by atoms with Crippen LogP contribution in [0.2, 0.25) is 5.02 Å². The fourth-order valence-electron chi connectivity index (χ4n) is 2.43. The normalized spacial score (nSPS) is 12.9. The average molecular weight is 366 g/mol. The zero-order chi connectivity index (χ0) is 17.8. The molecule has 130 valence electrons. The van der Waals surface area contributed by atoms with Crippen molar-refractivity contribution < 1.29 is 23.0 Å². The highest BCUT2D eigenvalue weighted by molar-refractivity contribution is 6.30. The highest BCUT2D eigenvalue weighted by atomic mass is 35.5. The number of hydrogen-bond acceptors (Lipinski definition) is 3. The van der Waals surface area contributed by atoms with Gasteiger partial charge in [0.05, 0.1) is 5.57 Å². The molecule has 0 spiro atoms. The van der Waals surface area contributed by atoms with Crippen LogP contribution in [0.25, 0.3) is 6.08 Å². The summed E-state index contributed by atoms with van der Waals surface area (Å²) in [5, 5.41) is 3.22. The number of amides is 1. The molecule has 0 unspecified atom stereocenters. The number of carbonyl (C=O) groups excluding carboxylic acids is 1. The van der Waals surface area contributed by atoms with E-state index in [0.717, 1.165) is 0 Å². The van der Waals surface area contributed by atoms with Crippen LogP contribution in [0.1, 0.15) is 11.1 Å². The van der Waals surface area contributed by atoms with Gasteiger partial charge in [-0.25, -0.2) is 0 Å². The summed E-state index contributed by atoms with van der Waals surface area (Å²) in [5.41, 5.74) is 1.59. The number of ether oxygens (including phenoxy) is 2. The Bertz CT molecular complexity index is 824. The van der Waals surface area contributed by atoms with Gasteiger partial charge in [0.25, 0.3) is 5.91 Å². The Morgan fingerprint density at radius 2 is 2.08 bits per heavy atom. The van der Waals surface area contributed by atoms with Gasteiger partial charge in [-0.3, -0.25) is 4.79 Å². The van der Waals surface area contributed by atoms with Gasteiger partial charge in [-0.1, -0.05) is 29.8 Å². The monoisotopic (exact) mass is 365 g/mol. The minimum atomic E-state index is -2.92. The molecule has 3 rings (SSSR count). The first-order valence-corrected chi connectivity index (χ1v) is 7.84. The average Bonchev–Trinajstić information content (AvgIpc) is 2.59. The van der Waals surface area contributed by atoms with Crippen molar-refractivity contribution in [3.63, 3.8) is 0 Å². The van der Waals surface area contributed by atoms with E-state index < -0.39 is 6.61 Å². The fourth-order valence-corrected chi connectivity index (χ4v) is 2.61. The van der Waals surface area contributed by atoms with Crippen molar-refractivity contribution >= 4 is 23.6 Å². The molecule has 1 N–H and O–H groups in total. The van der Waals surface area contributed by atoms with E-state index in [1.807, 2.05) is 0 Å². The van der Waals surface area contributed by atoms with Gasteiger partial charge in [-0.2, -0.15) is 8.78 Å². The molecule has 2 aromatic carbocycles. The summed E-state index contributed by atoms with van der Waals surface area (Å²) in [7, 11) is 0. The molecule has 1 aliphatic heterocycles. The molecule has 0 bridgehead atoms. The van der Waals surface area contributed by atoms with Gasteiger partial charge in [0.2, 0.25) is 0 Å². The molecule has 4 nitrogen and oxygen atoms in total. The van der Waals surface area contributed by atoms with Crippen LogP contribution >= 0.6 is 11.6 Å². The summed E-state index contributed by atoms with van der Waals surface area (Å²) in [6.07, 6.45) is 1.70. The van der Waals surface area contributed by atoms with Gasteiger partial charge in [0.15, 0.2) is 0 Å². The molecule has 0 radical (unpaired) electrons. The van der Waals surface area contributed by atoms with E-state index in [-0.39, 0.29) is 24.8 Å². The third-order valence-electron chi connectivity index (χ3n) is 3.60. The second-order valence-electron chi connectivity index (χ2n) is 5.31. The molecule has 0 fully saturated rings. The molecular formula is C18H14ClF2NO3. The molecule has 0 saturated carbocycles. The van der Waals surface area contributed by atoms with Crippen molar-refractivity contribution in [3.8, 4) is 11.5 Å². The topological polar surface area (TPSA) is 47.6 Å². The van der Waals surface area contributed by atoms with Crippen molar-refractivity contribution in [1.82, 2.24) is 5.32 Å². The van der Waals surface area contributed by atoms with Crippen molar-refractivity contribution in [2.75, 3.05) is 6.61 Å². The van der Waals surface area contributed by atoms with E-state index in [2.05, 4.69) is 10.1 Å². The predicted octanol–water partition coefficient (Wildman–Crippen LogP) is 4.03. The summed E-state index contributed by atoms with van der Waals surface area (Å²) in [5.74, 6) is 0.331. The number of para-hydroxylation sites is 1. The van der Waals surface area contributed by atoms with Crippen LogP contribution in [0.3, 0.4) is 0 Å². The molecule has 7 heteroatoms. The fraction of sp³-hybridized carbons (Fsp3) is 0.167. The Morgan fingerprint density at radius 1 is 1.28 bits per heavy atom. The van der Waals surface area contributed by atoms with Gasteiger partial charge in [0.1, 0.15) is 18.1 Å². The molecule has 2 aromatic rings. The minimum absolute atomic E-state index is 0.0313. The Balaban J connectivity index is 1.70. The van der Waals surface area contributed by atoms with E-state index in [9.17, 15) is 13.6 Å². The van der Waals surface area contributed by atoms with Gasteiger partial charge in [0, 0.05) is 22.7 Å². The van der Waals surface area contributed by atoms with Crippen molar-refractivity contribution in [3.05, 3.63) is 64.2 Å². The number of rotatable bonds is 5. The van der Waals surface area contributed by atoms with Gasteiger partial charge >= 0.3 is 6.61 Å². The van der Waals surface area contributed by atoms with E-state index in [0.29, 0.717) is 27.5 Å². The summed E-state index contributed by atoms with van der Waals surface area (Å²) in [6.45, 7) is -2.75. The maximum absolute atomic E-state index is 12.4. The number of fused-ring (bicyclic) bond motifs is 1. The maximum atomic E-state index is 12.4. The molecule has 1 heterocycles. The number of alkyl halides is 2. The smallest absolute Gasteiger partial charge is 0.387 e. The number of nitrogens with one attached hydrogen (secondary N) is 1. The van der Waals surface area contributed by atoms with E-state index >= 15 is 0 Å². The lowest BCUT2D eigenvalue weighted by atomic mass is 10.1. The van der Waals surface area contributed by atoms with Gasteiger partial charge in [-0.15, -0.1) is 0 Å². The first-order valence-electron chi connectivity index (χ1n) is 7.47.